The normalized spacial score (nSPS) is 10.2. The van der Waals surface area contributed by atoms with Crippen molar-refractivity contribution in [1.82, 2.24) is 0 Å². The first-order chi connectivity index (χ1) is 8.15. The molecule has 2 rings (SSSR count). The lowest BCUT2D eigenvalue weighted by atomic mass is 10.2. The van der Waals surface area contributed by atoms with Crippen LogP contribution in [0, 0.1) is 13.8 Å². The van der Waals surface area contributed by atoms with Gasteiger partial charge in [0.15, 0.2) is 0 Å². The minimum atomic E-state index is 0.252. The topological polar surface area (TPSA) is 29.5 Å². The molecule has 1 N–H and O–H groups in total. The molecule has 17 heavy (non-hydrogen) atoms. The van der Waals surface area contributed by atoms with E-state index in [1.165, 1.54) is 5.56 Å². The van der Waals surface area contributed by atoms with E-state index in [1.54, 1.807) is 6.07 Å². The SMILES string of the molecule is Cc1ccc(OSc2ccc(C)cc2O)cc1. The van der Waals surface area contributed by atoms with E-state index in [0.717, 1.165) is 28.3 Å². The van der Waals surface area contributed by atoms with E-state index in [-0.39, 0.29) is 5.75 Å². The summed E-state index contributed by atoms with van der Waals surface area (Å²) in [6.45, 7) is 3.97. The molecular formula is C14H14O2S. The van der Waals surface area contributed by atoms with Crippen LogP contribution in [0.2, 0.25) is 0 Å². The standard InChI is InChI=1S/C14H14O2S/c1-10-3-6-12(7-4-10)16-17-14-8-5-11(2)9-13(14)15/h3-9,15H,1-2H3. The average Bonchev–Trinajstić information content (AvgIpc) is 2.30. The lowest BCUT2D eigenvalue weighted by Gasteiger charge is -2.06. The van der Waals surface area contributed by atoms with Crippen molar-refractivity contribution in [3.8, 4) is 11.5 Å². The molecule has 2 nitrogen and oxygen atoms in total. The summed E-state index contributed by atoms with van der Waals surface area (Å²) in [7, 11) is 0. The summed E-state index contributed by atoms with van der Waals surface area (Å²) in [6.07, 6.45) is 0. The molecule has 0 saturated carbocycles. The smallest absolute Gasteiger partial charge is 0.137 e. The first-order valence-electron chi connectivity index (χ1n) is 5.36. The van der Waals surface area contributed by atoms with Crippen molar-refractivity contribution in [2.45, 2.75) is 18.7 Å². The fourth-order valence-corrected chi connectivity index (χ4v) is 1.95. The number of hydrogen-bond acceptors (Lipinski definition) is 3. The van der Waals surface area contributed by atoms with E-state index in [2.05, 4.69) is 0 Å². The number of rotatable bonds is 3. The van der Waals surface area contributed by atoms with Crippen LogP contribution in [0.1, 0.15) is 11.1 Å². The van der Waals surface area contributed by atoms with Gasteiger partial charge in [-0.2, -0.15) is 0 Å². The van der Waals surface area contributed by atoms with Crippen LogP contribution in [0.3, 0.4) is 0 Å². The number of hydrogen-bond donors (Lipinski definition) is 1. The summed E-state index contributed by atoms with van der Waals surface area (Å²) >= 11 is 1.16. The molecule has 0 amide bonds. The summed E-state index contributed by atoms with van der Waals surface area (Å²) in [4.78, 5) is 0.719. The lowest BCUT2D eigenvalue weighted by Crippen LogP contribution is -1.83. The third kappa shape index (κ3) is 3.17. The van der Waals surface area contributed by atoms with E-state index in [9.17, 15) is 5.11 Å². The van der Waals surface area contributed by atoms with Gasteiger partial charge in [-0.1, -0.05) is 23.8 Å². The number of aromatic hydroxyl groups is 1. The Morgan fingerprint density at radius 2 is 1.59 bits per heavy atom. The van der Waals surface area contributed by atoms with Gasteiger partial charge < -0.3 is 9.29 Å². The molecule has 2 aromatic rings. The summed E-state index contributed by atoms with van der Waals surface area (Å²) in [6, 6.07) is 13.3. The zero-order valence-electron chi connectivity index (χ0n) is 9.81. The number of phenols is 1. The highest BCUT2D eigenvalue weighted by atomic mass is 32.2. The van der Waals surface area contributed by atoms with Crippen LogP contribution >= 0.6 is 12.0 Å². The number of benzene rings is 2. The van der Waals surface area contributed by atoms with Crippen molar-refractivity contribution in [2.24, 2.45) is 0 Å². The maximum absolute atomic E-state index is 9.71. The maximum Gasteiger partial charge on any atom is 0.137 e. The minimum absolute atomic E-state index is 0.252. The van der Waals surface area contributed by atoms with E-state index in [4.69, 9.17) is 4.18 Å². The van der Waals surface area contributed by atoms with Crippen molar-refractivity contribution >= 4 is 12.0 Å². The van der Waals surface area contributed by atoms with Gasteiger partial charge in [0.1, 0.15) is 11.5 Å². The molecule has 0 aromatic heterocycles. The first kappa shape index (κ1) is 11.9. The number of aryl methyl sites for hydroxylation is 2. The zero-order valence-corrected chi connectivity index (χ0v) is 10.6. The zero-order chi connectivity index (χ0) is 12.3. The Hall–Kier alpha value is -1.61. The van der Waals surface area contributed by atoms with Crippen LogP contribution in [0.5, 0.6) is 11.5 Å². The van der Waals surface area contributed by atoms with Gasteiger partial charge in [0.25, 0.3) is 0 Å². The Kier molecular flexibility index (Phi) is 3.59. The quantitative estimate of drug-likeness (QED) is 0.827. The van der Waals surface area contributed by atoms with Crippen LogP contribution in [-0.2, 0) is 0 Å². The van der Waals surface area contributed by atoms with Gasteiger partial charge in [-0.3, -0.25) is 0 Å². The second kappa shape index (κ2) is 5.15. The molecule has 0 saturated heterocycles. The van der Waals surface area contributed by atoms with Crippen molar-refractivity contribution in [2.75, 3.05) is 0 Å². The maximum atomic E-state index is 9.71. The predicted octanol–water partition coefficient (Wildman–Crippen LogP) is 4.10. The molecule has 0 radical (unpaired) electrons. The molecule has 2 aromatic carbocycles. The molecule has 0 atom stereocenters. The molecule has 0 aliphatic carbocycles. The summed E-state index contributed by atoms with van der Waals surface area (Å²) in [5.74, 6) is 1.03. The van der Waals surface area contributed by atoms with Gasteiger partial charge >= 0.3 is 0 Å². The largest absolute Gasteiger partial charge is 0.507 e. The monoisotopic (exact) mass is 246 g/mol. The van der Waals surface area contributed by atoms with Crippen LogP contribution in [0.25, 0.3) is 0 Å². The van der Waals surface area contributed by atoms with Gasteiger partial charge in [0.2, 0.25) is 0 Å². The second-order valence-electron chi connectivity index (χ2n) is 3.95. The molecule has 0 aliphatic rings. The van der Waals surface area contributed by atoms with Crippen molar-refractivity contribution in [3.05, 3.63) is 53.6 Å². The molecule has 3 heteroatoms. The number of phenolic OH excluding ortho intramolecular Hbond substituents is 1. The van der Waals surface area contributed by atoms with Gasteiger partial charge in [-0.25, -0.2) is 0 Å². The van der Waals surface area contributed by atoms with Gasteiger partial charge in [-0.15, -0.1) is 0 Å². The highest BCUT2D eigenvalue weighted by molar-refractivity contribution is 7.95. The van der Waals surface area contributed by atoms with E-state index < -0.39 is 0 Å². The predicted molar refractivity (Wildman–Crippen MR) is 70.5 cm³/mol. The van der Waals surface area contributed by atoms with Crippen molar-refractivity contribution in [1.29, 1.82) is 0 Å². The Bertz CT molecular complexity index is 506. The Balaban J connectivity index is 2.04. The Labute approximate surface area is 105 Å². The Morgan fingerprint density at radius 1 is 0.941 bits per heavy atom. The summed E-state index contributed by atoms with van der Waals surface area (Å²) in [5.41, 5.74) is 2.22. The molecule has 0 fully saturated rings. The first-order valence-corrected chi connectivity index (χ1v) is 6.10. The second-order valence-corrected chi connectivity index (χ2v) is 4.72. The lowest BCUT2D eigenvalue weighted by molar-refractivity contribution is 0.460. The van der Waals surface area contributed by atoms with Crippen molar-refractivity contribution in [3.63, 3.8) is 0 Å². The molecule has 88 valence electrons. The van der Waals surface area contributed by atoms with E-state index in [0.29, 0.717) is 0 Å². The highest BCUT2D eigenvalue weighted by Crippen LogP contribution is 2.31. The third-order valence-corrected chi connectivity index (χ3v) is 3.16. The van der Waals surface area contributed by atoms with Crippen LogP contribution in [-0.4, -0.2) is 5.11 Å². The van der Waals surface area contributed by atoms with Gasteiger partial charge in [0.05, 0.1) is 16.9 Å². The molecule has 0 spiro atoms. The van der Waals surface area contributed by atoms with Gasteiger partial charge in [0, 0.05) is 0 Å². The van der Waals surface area contributed by atoms with Crippen LogP contribution < -0.4 is 4.18 Å². The Morgan fingerprint density at radius 3 is 2.24 bits per heavy atom. The fourth-order valence-electron chi connectivity index (χ4n) is 1.38. The molecular weight excluding hydrogens is 232 g/mol. The fraction of sp³-hybridized carbons (Fsp3) is 0.143. The van der Waals surface area contributed by atoms with Crippen LogP contribution in [0.15, 0.2) is 47.4 Å². The van der Waals surface area contributed by atoms with Crippen LogP contribution in [0.4, 0.5) is 0 Å². The minimum Gasteiger partial charge on any atom is -0.507 e. The molecule has 0 bridgehead atoms. The molecule has 0 unspecified atom stereocenters. The van der Waals surface area contributed by atoms with Gasteiger partial charge in [-0.05, 0) is 43.7 Å². The van der Waals surface area contributed by atoms with Crippen molar-refractivity contribution < 1.29 is 9.29 Å². The summed E-state index contributed by atoms with van der Waals surface area (Å²) in [5, 5.41) is 9.71. The highest BCUT2D eigenvalue weighted by Gasteiger charge is 2.04. The summed E-state index contributed by atoms with van der Waals surface area (Å²) < 4.78 is 5.52. The third-order valence-electron chi connectivity index (χ3n) is 2.36. The molecule has 0 heterocycles. The average molecular weight is 246 g/mol. The van der Waals surface area contributed by atoms with E-state index in [1.807, 2.05) is 50.2 Å². The molecule has 0 aliphatic heterocycles. The van der Waals surface area contributed by atoms with E-state index >= 15 is 0 Å².